The lowest BCUT2D eigenvalue weighted by molar-refractivity contribution is 0.333. The van der Waals surface area contributed by atoms with E-state index in [4.69, 9.17) is 10.5 Å². The van der Waals surface area contributed by atoms with Gasteiger partial charge in [-0.3, -0.25) is 0 Å². The van der Waals surface area contributed by atoms with Gasteiger partial charge in [0, 0.05) is 17.3 Å². The zero-order valence-electron chi connectivity index (χ0n) is 12.4. The minimum Gasteiger partial charge on any atom is -0.497 e. The highest BCUT2D eigenvalue weighted by atomic mass is 16.5. The summed E-state index contributed by atoms with van der Waals surface area (Å²) in [5.74, 6) is 1.87. The summed E-state index contributed by atoms with van der Waals surface area (Å²) in [6, 6.07) is 5.79. The number of rotatable bonds is 5. The number of ether oxygens (including phenoxy) is 1. The van der Waals surface area contributed by atoms with E-state index in [1.54, 1.807) is 13.2 Å². The van der Waals surface area contributed by atoms with E-state index < -0.39 is 0 Å². The summed E-state index contributed by atoms with van der Waals surface area (Å²) >= 11 is 0. The third-order valence-corrected chi connectivity index (χ3v) is 3.42. The lowest BCUT2D eigenvalue weighted by atomic mass is 10.0. The second-order valence-electron chi connectivity index (χ2n) is 5.16. The molecule has 1 unspecified atom stereocenters. The van der Waals surface area contributed by atoms with Gasteiger partial charge in [0.05, 0.1) is 13.2 Å². The number of anilines is 1. The van der Waals surface area contributed by atoms with E-state index in [1.165, 1.54) is 0 Å². The molecule has 1 aromatic heterocycles. The first-order valence-corrected chi connectivity index (χ1v) is 6.79. The number of hydrogen-bond acceptors (Lipinski definition) is 5. The minimum atomic E-state index is 0.257. The molecule has 0 bridgehead atoms. The highest BCUT2D eigenvalue weighted by Crippen LogP contribution is 2.29. The molecule has 2 rings (SSSR count). The van der Waals surface area contributed by atoms with Gasteiger partial charge in [0.25, 0.3) is 0 Å². The van der Waals surface area contributed by atoms with Crippen LogP contribution in [0.5, 0.6) is 5.75 Å². The largest absolute Gasteiger partial charge is 0.497 e. The van der Waals surface area contributed by atoms with Crippen LogP contribution in [-0.2, 0) is 0 Å². The highest BCUT2D eigenvalue weighted by Gasteiger charge is 2.20. The minimum absolute atomic E-state index is 0.257. The first kappa shape index (κ1) is 14.3. The zero-order valence-corrected chi connectivity index (χ0v) is 12.4. The number of nitrogen functional groups attached to an aromatic ring is 1. The number of aromatic nitrogens is 4. The van der Waals surface area contributed by atoms with Crippen LogP contribution in [0.3, 0.4) is 0 Å². The number of tetrazole rings is 1. The predicted molar refractivity (Wildman–Crippen MR) is 78.4 cm³/mol. The lowest BCUT2D eigenvalue weighted by Crippen LogP contribution is -2.17. The molecule has 108 valence electrons. The van der Waals surface area contributed by atoms with Crippen molar-refractivity contribution in [2.75, 3.05) is 12.8 Å². The Bertz CT molecular complexity index is 579. The average Bonchev–Trinajstić information content (AvgIpc) is 2.87. The van der Waals surface area contributed by atoms with Gasteiger partial charge in [-0.25, -0.2) is 4.68 Å². The first-order chi connectivity index (χ1) is 9.56. The molecule has 6 heteroatoms. The maximum Gasteiger partial charge on any atom is 0.182 e. The van der Waals surface area contributed by atoms with E-state index >= 15 is 0 Å². The Morgan fingerprint density at radius 3 is 2.65 bits per heavy atom. The molecular formula is C14H21N5O. The molecule has 20 heavy (non-hydrogen) atoms. The van der Waals surface area contributed by atoms with E-state index in [0.717, 1.165) is 17.8 Å². The third kappa shape index (κ3) is 2.74. The molecule has 0 radical (unpaired) electrons. The van der Waals surface area contributed by atoms with E-state index in [-0.39, 0.29) is 6.04 Å². The standard InChI is InChI=1S/C14H21N5O/c1-5-13(9(2)3)19-14(16-17-18-19)10-6-11(15)8-12(7-10)20-4/h6-9,13H,5,15H2,1-4H3. The van der Waals surface area contributed by atoms with Crippen molar-refractivity contribution in [3.63, 3.8) is 0 Å². The van der Waals surface area contributed by atoms with Gasteiger partial charge in [0.1, 0.15) is 5.75 Å². The summed E-state index contributed by atoms with van der Waals surface area (Å²) in [5.41, 5.74) is 7.40. The Morgan fingerprint density at radius 1 is 1.30 bits per heavy atom. The van der Waals surface area contributed by atoms with Gasteiger partial charge in [-0.05, 0) is 34.9 Å². The van der Waals surface area contributed by atoms with Gasteiger partial charge in [-0.2, -0.15) is 0 Å². The molecule has 1 heterocycles. The van der Waals surface area contributed by atoms with Crippen LogP contribution in [0.4, 0.5) is 5.69 Å². The molecule has 0 saturated heterocycles. The number of methoxy groups -OCH3 is 1. The smallest absolute Gasteiger partial charge is 0.182 e. The van der Waals surface area contributed by atoms with Gasteiger partial charge in [0.2, 0.25) is 0 Å². The van der Waals surface area contributed by atoms with Crippen LogP contribution in [0, 0.1) is 5.92 Å². The molecule has 2 aromatic rings. The normalized spacial score (nSPS) is 12.7. The summed E-state index contributed by atoms with van der Waals surface area (Å²) in [6.45, 7) is 6.47. The summed E-state index contributed by atoms with van der Waals surface area (Å²) in [4.78, 5) is 0. The van der Waals surface area contributed by atoms with Gasteiger partial charge in [0.15, 0.2) is 5.82 Å². The topological polar surface area (TPSA) is 78.9 Å². The molecule has 0 aliphatic heterocycles. The van der Waals surface area contributed by atoms with Crippen LogP contribution in [0.15, 0.2) is 18.2 Å². The molecule has 2 N–H and O–H groups in total. The zero-order chi connectivity index (χ0) is 14.7. The van der Waals surface area contributed by atoms with Gasteiger partial charge in [-0.15, -0.1) is 5.10 Å². The number of nitrogens with zero attached hydrogens (tertiary/aromatic N) is 4. The molecule has 0 aliphatic rings. The molecule has 1 aromatic carbocycles. The van der Waals surface area contributed by atoms with Crippen LogP contribution < -0.4 is 10.5 Å². The molecule has 1 atom stereocenters. The number of benzene rings is 1. The highest BCUT2D eigenvalue weighted by molar-refractivity contribution is 5.64. The predicted octanol–water partition coefficient (Wildman–Crippen LogP) is 2.54. The van der Waals surface area contributed by atoms with Crippen LogP contribution in [0.25, 0.3) is 11.4 Å². The average molecular weight is 275 g/mol. The fourth-order valence-corrected chi connectivity index (χ4v) is 2.40. The van der Waals surface area contributed by atoms with Crippen molar-refractivity contribution in [1.82, 2.24) is 20.2 Å². The van der Waals surface area contributed by atoms with Gasteiger partial charge < -0.3 is 10.5 Å². The van der Waals surface area contributed by atoms with Crippen LogP contribution >= 0.6 is 0 Å². The van der Waals surface area contributed by atoms with Crippen molar-refractivity contribution >= 4 is 5.69 Å². The SMILES string of the molecule is CCC(C(C)C)n1nnnc1-c1cc(N)cc(OC)c1. The van der Waals surface area contributed by atoms with E-state index in [9.17, 15) is 0 Å². The van der Waals surface area contributed by atoms with Crippen molar-refractivity contribution in [1.29, 1.82) is 0 Å². The Morgan fingerprint density at radius 2 is 2.05 bits per heavy atom. The Kier molecular flexibility index (Phi) is 4.22. The van der Waals surface area contributed by atoms with Crippen molar-refractivity contribution < 1.29 is 4.74 Å². The fourth-order valence-electron chi connectivity index (χ4n) is 2.40. The maximum atomic E-state index is 5.90. The molecule has 0 saturated carbocycles. The fraction of sp³-hybridized carbons (Fsp3) is 0.500. The summed E-state index contributed by atoms with van der Waals surface area (Å²) in [5, 5.41) is 12.1. The molecule has 0 fully saturated rings. The molecule has 0 amide bonds. The second kappa shape index (κ2) is 5.90. The van der Waals surface area contributed by atoms with Crippen LogP contribution in [0.2, 0.25) is 0 Å². The molecule has 6 nitrogen and oxygen atoms in total. The third-order valence-electron chi connectivity index (χ3n) is 3.42. The summed E-state index contributed by atoms with van der Waals surface area (Å²) in [7, 11) is 1.62. The Hall–Kier alpha value is -2.11. The second-order valence-corrected chi connectivity index (χ2v) is 5.16. The van der Waals surface area contributed by atoms with Crippen molar-refractivity contribution in [3.8, 4) is 17.1 Å². The van der Waals surface area contributed by atoms with E-state index in [0.29, 0.717) is 17.4 Å². The maximum absolute atomic E-state index is 5.90. The van der Waals surface area contributed by atoms with E-state index in [1.807, 2.05) is 16.8 Å². The monoisotopic (exact) mass is 275 g/mol. The quantitative estimate of drug-likeness (QED) is 0.848. The Labute approximate surface area is 118 Å². The summed E-state index contributed by atoms with van der Waals surface area (Å²) < 4.78 is 7.12. The van der Waals surface area contributed by atoms with E-state index in [2.05, 4.69) is 36.3 Å². The number of nitrogens with two attached hydrogens (primary N) is 1. The first-order valence-electron chi connectivity index (χ1n) is 6.79. The molecule has 0 spiro atoms. The van der Waals surface area contributed by atoms with Crippen molar-refractivity contribution in [2.45, 2.75) is 33.2 Å². The van der Waals surface area contributed by atoms with Crippen molar-refractivity contribution in [2.24, 2.45) is 5.92 Å². The molecular weight excluding hydrogens is 254 g/mol. The molecule has 0 aliphatic carbocycles. The van der Waals surface area contributed by atoms with Crippen molar-refractivity contribution in [3.05, 3.63) is 18.2 Å². The van der Waals surface area contributed by atoms with Crippen LogP contribution in [-0.4, -0.2) is 27.3 Å². The van der Waals surface area contributed by atoms with Crippen LogP contribution in [0.1, 0.15) is 33.2 Å². The number of hydrogen-bond donors (Lipinski definition) is 1. The summed E-state index contributed by atoms with van der Waals surface area (Å²) in [6.07, 6.45) is 0.967. The Balaban J connectivity index is 2.49. The van der Waals surface area contributed by atoms with Gasteiger partial charge >= 0.3 is 0 Å². The van der Waals surface area contributed by atoms with Gasteiger partial charge in [-0.1, -0.05) is 20.8 Å². The lowest BCUT2D eigenvalue weighted by Gasteiger charge is -2.20.